The summed E-state index contributed by atoms with van der Waals surface area (Å²) < 4.78 is 1.62. The molecule has 8 nitrogen and oxygen atoms in total. The van der Waals surface area contributed by atoms with Gasteiger partial charge in [-0.3, -0.25) is 9.36 Å². The van der Waals surface area contributed by atoms with Crippen LogP contribution in [0.25, 0.3) is 16.5 Å². The topological polar surface area (TPSA) is 133 Å². The summed E-state index contributed by atoms with van der Waals surface area (Å²) in [6, 6.07) is 20.5. The number of nitrogens with two attached hydrogens (primary N) is 1. The van der Waals surface area contributed by atoms with Gasteiger partial charge in [-0.25, -0.2) is 4.98 Å². The molecule has 0 bridgehead atoms. The summed E-state index contributed by atoms with van der Waals surface area (Å²) in [6.07, 6.45) is 1.50. The summed E-state index contributed by atoms with van der Waals surface area (Å²) in [4.78, 5) is 21.7. The van der Waals surface area contributed by atoms with Gasteiger partial charge in [-0.2, -0.15) is 15.5 Å². The van der Waals surface area contributed by atoms with Crippen LogP contribution >= 0.6 is 0 Å². The molecular formula is C24H19N7O. The summed E-state index contributed by atoms with van der Waals surface area (Å²) in [6.45, 7) is 1.87. The summed E-state index contributed by atoms with van der Waals surface area (Å²) >= 11 is 0. The van der Waals surface area contributed by atoms with Crippen LogP contribution in [0.4, 0.5) is 11.8 Å². The Hall–Kier alpha value is -4.69. The molecule has 3 N–H and O–H groups in total. The Balaban J connectivity index is 1.95. The van der Waals surface area contributed by atoms with Crippen molar-refractivity contribution in [2.45, 2.75) is 19.4 Å². The first kappa shape index (κ1) is 20.6. The van der Waals surface area contributed by atoms with Gasteiger partial charge in [-0.15, -0.1) is 0 Å². The van der Waals surface area contributed by atoms with Crippen LogP contribution in [0.1, 0.15) is 29.8 Å². The average molecular weight is 421 g/mol. The second-order valence-electron chi connectivity index (χ2n) is 7.23. The quantitative estimate of drug-likeness (QED) is 0.504. The number of nitrogen functional groups attached to an aromatic ring is 1. The number of nitrogens with zero attached hydrogens (tertiary/aromatic N) is 5. The number of fused-ring (bicyclic) bond motifs is 1. The lowest BCUT2D eigenvalue weighted by atomic mass is 10.0. The Labute approximate surface area is 184 Å². The third-order valence-electron chi connectivity index (χ3n) is 5.17. The van der Waals surface area contributed by atoms with E-state index in [0.717, 1.165) is 5.39 Å². The number of nitrogens with one attached hydrogen (secondary N) is 1. The van der Waals surface area contributed by atoms with Gasteiger partial charge >= 0.3 is 0 Å². The van der Waals surface area contributed by atoms with E-state index in [4.69, 9.17) is 5.73 Å². The standard InChI is InChI=1S/C24H19N7O/c1-15(29-22-18(13-26)14-28-24(27)30-22)20-12-17-7-5-6-16(10-11-25)21(17)23(32)31(20)19-8-3-2-4-9-19/h2-9,12,14-15H,10H2,1H3,(H3,27,28,29,30). The minimum Gasteiger partial charge on any atom is -0.368 e. The van der Waals surface area contributed by atoms with Crippen LogP contribution in [0.2, 0.25) is 0 Å². The maximum atomic E-state index is 13.7. The highest BCUT2D eigenvalue weighted by Crippen LogP contribution is 2.26. The molecule has 0 radical (unpaired) electrons. The molecule has 2 aromatic carbocycles. The number of pyridine rings is 1. The number of hydrogen-bond acceptors (Lipinski definition) is 7. The molecule has 4 rings (SSSR count). The first-order chi connectivity index (χ1) is 15.5. The van der Waals surface area contributed by atoms with E-state index < -0.39 is 6.04 Å². The van der Waals surface area contributed by atoms with Crippen molar-refractivity contribution in [1.82, 2.24) is 14.5 Å². The Morgan fingerprint density at radius 2 is 1.94 bits per heavy atom. The van der Waals surface area contributed by atoms with Crippen molar-refractivity contribution < 1.29 is 0 Å². The van der Waals surface area contributed by atoms with Gasteiger partial charge < -0.3 is 11.1 Å². The molecule has 0 amide bonds. The van der Waals surface area contributed by atoms with Crippen LogP contribution < -0.4 is 16.6 Å². The molecule has 2 aromatic heterocycles. The van der Waals surface area contributed by atoms with E-state index in [1.54, 1.807) is 10.6 Å². The molecule has 4 aromatic rings. The maximum absolute atomic E-state index is 13.7. The van der Waals surface area contributed by atoms with Crippen LogP contribution in [0.15, 0.2) is 65.6 Å². The van der Waals surface area contributed by atoms with Gasteiger partial charge in [-0.1, -0.05) is 36.4 Å². The number of anilines is 2. The molecule has 8 heteroatoms. The fourth-order valence-corrected chi connectivity index (χ4v) is 3.71. The third kappa shape index (κ3) is 3.73. The average Bonchev–Trinajstić information content (AvgIpc) is 2.80. The van der Waals surface area contributed by atoms with Gasteiger partial charge in [0.1, 0.15) is 17.5 Å². The maximum Gasteiger partial charge on any atom is 0.263 e. The van der Waals surface area contributed by atoms with Crippen LogP contribution in [-0.2, 0) is 6.42 Å². The molecule has 0 fully saturated rings. The van der Waals surface area contributed by atoms with Crippen molar-refractivity contribution in [2.75, 3.05) is 11.1 Å². The molecule has 0 aliphatic carbocycles. The predicted octanol–water partition coefficient (Wildman–Crippen LogP) is 3.47. The van der Waals surface area contributed by atoms with Crippen molar-refractivity contribution in [1.29, 1.82) is 10.5 Å². The molecule has 0 saturated carbocycles. The van der Waals surface area contributed by atoms with E-state index in [-0.39, 0.29) is 29.3 Å². The lowest BCUT2D eigenvalue weighted by Crippen LogP contribution is -2.26. The Morgan fingerprint density at radius 1 is 1.16 bits per heavy atom. The number of para-hydroxylation sites is 1. The summed E-state index contributed by atoms with van der Waals surface area (Å²) in [5, 5.41) is 23.1. The van der Waals surface area contributed by atoms with E-state index in [1.165, 1.54) is 6.20 Å². The third-order valence-corrected chi connectivity index (χ3v) is 5.17. The zero-order chi connectivity index (χ0) is 22.7. The predicted molar refractivity (Wildman–Crippen MR) is 122 cm³/mol. The second-order valence-corrected chi connectivity index (χ2v) is 7.23. The number of nitriles is 2. The van der Waals surface area contributed by atoms with Gasteiger partial charge in [0.2, 0.25) is 5.95 Å². The van der Waals surface area contributed by atoms with E-state index in [1.807, 2.05) is 61.5 Å². The second kappa shape index (κ2) is 8.58. The van der Waals surface area contributed by atoms with Crippen molar-refractivity contribution in [3.8, 4) is 17.8 Å². The van der Waals surface area contributed by atoms with E-state index in [2.05, 4.69) is 21.4 Å². The van der Waals surface area contributed by atoms with E-state index in [9.17, 15) is 15.3 Å². The summed E-state index contributed by atoms with van der Waals surface area (Å²) in [5.41, 5.74) is 7.78. The van der Waals surface area contributed by atoms with Crippen LogP contribution in [0.5, 0.6) is 0 Å². The first-order valence-electron chi connectivity index (χ1n) is 9.92. The van der Waals surface area contributed by atoms with Gasteiger partial charge in [0.15, 0.2) is 0 Å². The molecule has 1 atom stereocenters. The molecular weight excluding hydrogens is 402 g/mol. The highest BCUT2D eigenvalue weighted by Gasteiger charge is 2.19. The zero-order valence-electron chi connectivity index (χ0n) is 17.3. The van der Waals surface area contributed by atoms with Gasteiger partial charge in [-0.05, 0) is 36.1 Å². The summed E-state index contributed by atoms with van der Waals surface area (Å²) in [5.74, 6) is 0.330. The minimum absolute atomic E-state index is 0.0406. The number of hydrogen-bond donors (Lipinski definition) is 2. The van der Waals surface area contributed by atoms with Gasteiger partial charge in [0.25, 0.3) is 5.56 Å². The van der Waals surface area contributed by atoms with Crippen molar-refractivity contribution >= 4 is 22.5 Å². The molecule has 2 heterocycles. The molecule has 0 saturated heterocycles. The molecule has 156 valence electrons. The van der Waals surface area contributed by atoms with Crippen molar-refractivity contribution in [3.05, 3.63) is 88.0 Å². The highest BCUT2D eigenvalue weighted by atomic mass is 16.1. The number of aromatic nitrogens is 3. The largest absolute Gasteiger partial charge is 0.368 e. The summed E-state index contributed by atoms with van der Waals surface area (Å²) in [7, 11) is 0. The molecule has 0 aliphatic heterocycles. The highest BCUT2D eigenvalue weighted by molar-refractivity contribution is 5.86. The van der Waals surface area contributed by atoms with E-state index >= 15 is 0 Å². The fraction of sp³-hybridized carbons (Fsp3) is 0.125. The normalized spacial score (nSPS) is 11.5. The fourth-order valence-electron chi connectivity index (χ4n) is 3.71. The smallest absolute Gasteiger partial charge is 0.263 e. The first-order valence-corrected chi connectivity index (χ1v) is 9.92. The Bertz CT molecular complexity index is 1450. The lowest BCUT2D eigenvalue weighted by molar-refractivity contribution is 0.772. The lowest BCUT2D eigenvalue weighted by Gasteiger charge is -2.22. The van der Waals surface area contributed by atoms with E-state index in [0.29, 0.717) is 22.3 Å². The Morgan fingerprint density at radius 3 is 2.66 bits per heavy atom. The zero-order valence-corrected chi connectivity index (χ0v) is 17.3. The molecule has 0 aliphatic rings. The van der Waals surface area contributed by atoms with Crippen molar-refractivity contribution in [2.24, 2.45) is 0 Å². The van der Waals surface area contributed by atoms with Crippen molar-refractivity contribution in [3.63, 3.8) is 0 Å². The minimum atomic E-state index is -0.409. The molecule has 32 heavy (non-hydrogen) atoms. The Kier molecular flexibility index (Phi) is 5.52. The van der Waals surface area contributed by atoms with Crippen LogP contribution in [-0.4, -0.2) is 14.5 Å². The van der Waals surface area contributed by atoms with Crippen LogP contribution in [0, 0.1) is 22.7 Å². The van der Waals surface area contributed by atoms with Gasteiger partial charge in [0, 0.05) is 11.4 Å². The molecule has 0 spiro atoms. The monoisotopic (exact) mass is 421 g/mol. The number of benzene rings is 2. The molecule has 1 unspecified atom stereocenters. The van der Waals surface area contributed by atoms with Crippen LogP contribution in [0.3, 0.4) is 0 Å². The SMILES string of the molecule is CC(Nc1nc(N)ncc1C#N)c1cc2cccc(CC#N)c2c(=O)n1-c1ccccc1. The number of rotatable bonds is 5. The van der Waals surface area contributed by atoms with Gasteiger partial charge in [0.05, 0.1) is 30.1 Å².